The molecule has 0 atom stereocenters. The maximum atomic E-state index is 12.0. The highest BCUT2D eigenvalue weighted by Crippen LogP contribution is 2.25. The van der Waals surface area contributed by atoms with Crippen molar-refractivity contribution in [3.8, 4) is 11.5 Å². The van der Waals surface area contributed by atoms with E-state index in [1.807, 2.05) is 42.5 Å². The number of ether oxygens (including phenoxy) is 2. The molecular weight excluding hydrogens is 326 g/mol. The number of sulfonamides is 1. The molecule has 0 aliphatic carbocycles. The first-order chi connectivity index (χ1) is 11.6. The van der Waals surface area contributed by atoms with Crippen LogP contribution in [-0.2, 0) is 16.4 Å². The average molecular weight is 349 g/mol. The molecular formula is C18H23NO4S. The molecule has 6 heteroatoms. The van der Waals surface area contributed by atoms with Gasteiger partial charge in [-0.3, -0.25) is 0 Å². The Kier molecular flexibility index (Phi) is 7.08. The second-order valence-corrected chi connectivity index (χ2v) is 7.23. The van der Waals surface area contributed by atoms with Crippen LogP contribution in [0.15, 0.2) is 54.6 Å². The van der Waals surface area contributed by atoms with Gasteiger partial charge in [-0.05, 0) is 30.5 Å². The van der Waals surface area contributed by atoms with E-state index in [4.69, 9.17) is 9.47 Å². The summed E-state index contributed by atoms with van der Waals surface area (Å²) in [6.45, 7) is 0.476. The lowest BCUT2D eigenvalue weighted by molar-refractivity contribution is 0.298. The van der Waals surface area contributed by atoms with Gasteiger partial charge in [0, 0.05) is 6.54 Å². The van der Waals surface area contributed by atoms with Crippen molar-refractivity contribution in [1.82, 2.24) is 4.72 Å². The topological polar surface area (TPSA) is 64.6 Å². The average Bonchev–Trinajstić information content (AvgIpc) is 2.60. The van der Waals surface area contributed by atoms with Crippen LogP contribution in [0.2, 0.25) is 0 Å². The monoisotopic (exact) mass is 349 g/mol. The van der Waals surface area contributed by atoms with Crippen molar-refractivity contribution in [2.45, 2.75) is 12.8 Å². The van der Waals surface area contributed by atoms with Gasteiger partial charge in [-0.15, -0.1) is 0 Å². The number of benzene rings is 2. The zero-order valence-electron chi connectivity index (χ0n) is 13.8. The summed E-state index contributed by atoms with van der Waals surface area (Å²) in [5.41, 5.74) is 1.15. The van der Waals surface area contributed by atoms with E-state index < -0.39 is 10.0 Å². The summed E-state index contributed by atoms with van der Waals surface area (Å²) in [6, 6.07) is 17.1. The van der Waals surface area contributed by atoms with E-state index >= 15 is 0 Å². The second-order valence-electron chi connectivity index (χ2n) is 5.30. The fourth-order valence-corrected chi connectivity index (χ4v) is 3.34. The number of hydrogen-bond donors (Lipinski definition) is 1. The Labute approximate surface area is 143 Å². The fraction of sp³-hybridized carbons (Fsp3) is 0.333. The number of rotatable bonds is 10. The zero-order valence-corrected chi connectivity index (χ0v) is 14.6. The molecule has 5 nitrogen and oxygen atoms in total. The van der Waals surface area contributed by atoms with E-state index in [0.717, 1.165) is 12.0 Å². The molecule has 0 amide bonds. The minimum absolute atomic E-state index is 0.108. The maximum Gasteiger partial charge on any atom is 0.211 e. The quantitative estimate of drug-likeness (QED) is 0.670. The third kappa shape index (κ3) is 6.22. The SMILES string of the molecule is COc1ccccc1OCCNS(=O)(=O)CCCc1ccccc1. The summed E-state index contributed by atoms with van der Waals surface area (Å²) in [4.78, 5) is 0. The molecule has 0 unspecified atom stereocenters. The van der Waals surface area contributed by atoms with Gasteiger partial charge in [0.05, 0.1) is 12.9 Å². The van der Waals surface area contributed by atoms with Crippen molar-refractivity contribution >= 4 is 10.0 Å². The zero-order chi connectivity index (χ0) is 17.3. The molecule has 0 saturated heterocycles. The molecule has 1 N–H and O–H groups in total. The molecule has 2 rings (SSSR count). The Morgan fingerprint density at radius 1 is 0.958 bits per heavy atom. The molecule has 0 aromatic heterocycles. The third-order valence-corrected chi connectivity index (χ3v) is 4.94. The smallest absolute Gasteiger partial charge is 0.211 e. The first-order valence-corrected chi connectivity index (χ1v) is 9.53. The van der Waals surface area contributed by atoms with Crippen LogP contribution < -0.4 is 14.2 Å². The lowest BCUT2D eigenvalue weighted by Crippen LogP contribution is -2.30. The van der Waals surface area contributed by atoms with Crippen LogP contribution in [0.5, 0.6) is 11.5 Å². The van der Waals surface area contributed by atoms with E-state index in [9.17, 15) is 8.42 Å². The van der Waals surface area contributed by atoms with Crippen LogP contribution in [0, 0.1) is 0 Å². The number of para-hydroxylation sites is 2. The molecule has 2 aromatic carbocycles. The largest absolute Gasteiger partial charge is 0.493 e. The fourth-order valence-electron chi connectivity index (χ4n) is 2.28. The van der Waals surface area contributed by atoms with E-state index in [2.05, 4.69) is 4.72 Å². The van der Waals surface area contributed by atoms with Crippen molar-refractivity contribution in [2.75, 3.05) is 26.0 Å². The summed E-state index contributed by atoms with van der Waals surface area (Å²) < 4.78 is 37.2. The van der Waals surface area contributed by atoms with Gasteiger partial charge in [0.2, 0.25) is 10.0 Å². The second kappa shape index (κ2) is 9.30. The highest BCUT2D eigenvalue weighted by Gasteiger charge is 2.10. The van der Waals surface area contributed by atoms with E-state index in [1.165, 1.54) is 0 Å². The highest BCUT2D eigenvalue weighted by molar-refractivity contribution is 7.89. The van der Waals surface area contributed by atoms with Gasteiger partial charge >= 0.3 is 0 Å². The molecule has 0 aliphatic heterocycles. The highest BCUT2D eigenvalue weighted by atomic mass is 32.2. The van der Waals surface area contributed by atoms with Gasteiger partial charge in [0.1, 0.15) is 6.61 Å². The molecule has 0 heterocycles. The molecule has 2 aromatic rings. The number of methoxy groups -OCH3 is 1. The van der Waals surface area contributed by atoms with Gasteiger partial charge in [-0.1, -0.05) is 42.5 Å². The Bertz CT molecular complexity index is 717. The minimum Gasteiger partial charge on any atom is -0.493 e. The van der Waals surface area contributed by atoms with Crippen LogP contribution in [0.1, 0.15) is 12.0 Å². The summed E-state index contributed by atoms with van der Waals surface area (Å²) in [6.07, 6.45) is 1.34. The van der Waals surface area contributed by atoms with Crippen molar-refractivity contribution in [1.29, 1.82) is 0 Å². The predicted octanol–water partition coefficient (Wildman–Crippen LogP) is 2.63. The van der Waals surface area contributed by atoms with Gasteiger partial charge in [0.15, 0.2) is 11.5 Å². The normalized spacial score (nSPS) is 11.2. The summed E-state index contributed by atoms with van der Waals surface area (Å²) in [7, 11) is -1.72. The summed E-state index contributed by atoms with van der Waals surface area (Å²) in [5.74, 6) is 1.34. The van der Waals surface area contributed by atoms with Crippen LogP contribution in [0.4, 0.5) is 0 Å². The van der Waals surface area contributed by atoms with Crippen LogP contribution in [0.25, 0.3) is 0 Å². The van der Waals surface area contributed by atoms with Crippen molar-refractivity contribution in [3.63, 3.8) is 0 Å². The molecule has 0 fully saturated rings. The Morgan fingerprint density at radius 2 is 1.62 bits per heavy atom. The summed E-state index contributed by atoms with van der Waals surface area (Å²) >= 11 is 0. The van der Waals surface area contributed by atoms with Crippen LogP contribution >= 0.6 is 0 Å². The molecule has 0 aliphatic rings. The lowest BCUT2D eigenvalue weighted by Gasteiger charge is -2.11. The Balaban J connectivity index is 1.69. The van der Waals surface area contributed by atoms with Gasteiger partial charge in [-0.25, -0.2) is 13.1 Å². The summed E-state index contributed by atoms with van der Waals surface area (Å²) in [5, 5.41) is 0. The van der Waals surface area contributed by atoms with Gasteiger partial charge in [-0.2, -0.15) is 0 Å². The Morgan fingerprint density at radius 3 is 2.33 bits per heavy atom. The number of nitrogens with one attached hydrogen (secondary N) is 1. The van der Waals surface area contributed by atoms with Crippen molar-refractivity contribution in [2.24, 2.45) is 0 Å². The van der Waals surface area contributed by atoms with Crippen molar-refractivity contribution < 1.29 is 17.9 Å². The maximum absolute atomic E-state index is 12.0. The first kappa shape index (κ1) is 18.3. The molecule has 130 valence electrons. The lowest BCUT2D eigenvalue weighted by atomic mass is 10.1. The van der Waals surface area contributed by atoms with Crippen LogP contribution in [-0.4, -0.2) is 34.4 Å². The standard InChI is InChI=1S/C18H23NO4S/c1-22-17-11-5-6-12-18(17)23-14-13-19-24(20,21)15-7-10-16-8-3-2-4-9-16/h2-6,8-9,11-12,19H,7,10,13-15H2,1H3. The predicted molar refractivity (Wildman–Crippen MR) is 95.0 cm³/mol. The third-order valence-electron chi connectivity index (χ3n) is 3.47. The first-order valence-electron chi connectivity index (χ1n) is 7.88. The molecule has 0 radical (unpaired) electrons. The minimum atomic E-state index is -3.28. The van der Waals surface area contributed by atoms with Crippen LogP contribution in [0.3, 0.4) is 0 Å². The molecule has 0 saturated carbocycles. The van der Waals surface area contributed by atoms with Crippen molar-refractivity contribution in [3.05, 3.63) is 60.2 Å². The van der Waals surface area contributed by atoms with Gasteiger partial charge in [0.25, 0.3) is 0 Å². The molecule has 0 bridgehead atoms. The van der Waals surface area contributed by atoms with E-state index in [1.54, 1.807) is 19.2 Å². The van der Waals surface area contributed by atoms with Gasteiger partial charge < -0.3 is 9.47 Å². The number of aryl methyl sites for hydroxylation is 1. The Hall–Kier alpha value is -2.05. The molecule has 0 spiro atoms. The molecule has 24 heavy (non-hydrogen) atoms. The van der Waals surface area contributed by atoms with E-state index in [-0.39, 0.29) is 18.9 Å². The number of hydrogen-bond acceptors (Lipinski definition) is 4. The van der Waals surface area contributed by atoms with E-state index in [0.29, 0.717) is 17.9 Å².